The minimum Gasteiger partial charge on any atom is -0.497 e. The van der Waals surface area contributed by atoms with E-state index in [1.807, 2.05) is 54.6 Å². The second kappa shape index (κ2) is 10.1. The molecule has 0 saturated heterocycles. The number of aromatic nitrogens is 1. The Morgan fingerprint density at radius 2 is 1.72 bits per heavy atom. The highest BCUT2D eigenvalue weighted by molar-refractivity contribution is 5.92. The minimum absolute atomic E-state index is 0.186. The molecule has 2 aromatic carbocycles. The Hall–Kier alpha value is -3.54. The van der Waals surface area contributed by atoms with Crippen molar-refractivity contribution in [3.8, 4) is 11.5 Å². The Labute approximate surface area is 170 Å². The number of rotatable bonds is 9. The summed E-state index contributed by atoms with van der Waals surface area (Å²) in [6.07, 6.45) is 2.39. The van der Waals surface area contributed by atoms with Gasteiger partial charge in [0, 0.05) is 13.1 Å². The summed E-state index contributed by atoms with van der Waals surface area (Å²) in [5.41, 5.74) is 3.49. The smallest absolute Gasteiger partial charge is 0.269 e. The summed E-state index contributed by atoms with van der Waals surface area (Å²) in [6.45, 7) is 1.20. The molecule has 3 rings (SSSR count). The molecule has 6 nitrogen and oxygen atoms in total. The van der Waals surface area contributed by atoms with Crippen LogP contribution in [-0.4, -0.2) is 31.7 Å². The Morgan fingerprint density at radius 3 is 2.41 bits per heavy atom. The van der Waals surface area contributed by atoms with Crippen molar-refractivity contribution in [3.05, 3.63) is 83.7 Å². The molecule has 0 aliphatic carbocycles. The van der Waals surface area contributed by atoms with E-state index >= 15 is 0 Å². The second-order valence-electron chi connectivity index (χ2n) is 6.49. The second-order valence-corrected chi connectivity index (χ2v) is 6.49. The molecule has 1 aromatic heterocycles. The summed E-state index contributed by atoms with van der Waals surface area (Å²) in [6, 6.07) is 19.2. The van der Waals surface area contributed by atoms with E-state index in [0.717, 1.165) is 34.7 Å². The summed E-state index contributed by atoms with van der Waals surface area (Å²) in [5, 5.41) is 6.19. The number of benzene rings is 2. The Balaban J connectivity index is 1.46. The summed E-state index contributed by atoms with van der Waals surface area (Å²) in [4.78, 5) is 16.5. The van der Waals surface area contributed by atoms with Crippen LogP contribution in [0, 0.1) is 0 Å². The number of nitrogens with zero attached hydrogens (tertiary/aromatic N) is 1. The lowest BCUT2D eigenvalue weighted by Gasteiger charge is -2.09. The average molecular weight is 391 g/mol. The van der Waals surface area contributed by atoms with Crippen LogP contribution in [0.25, 0.3) is 0 Å². The molecule has 3 aromatic rings. The summed E-state index contributed by atoms with van der Waals surface area (Å²) in [7, 11) is 3.29. The van der Waals surface area contributed by atoms with Crippen molar-refractivity contribution in [2.75, 3.05) is 26.1 Å². The Kier molecular flexibility index (Phi) is 7.05. The van der Waals surface area contributed by atoms with Gasteiger partial charge >= 0.3 is 0 Å². The first kappa shape index (κ1) is 20.2. The van der Waals surface area contributed by atoms with Crippen molar-refractivity contribution < 1.29 is 14.3 Å². The maximum atomic E-state index is 12.3. The summed E-state index contributed by atoms with van der Waals surface area (Å²) < 4.78 is 10.4. The molecule has 1 heterocycles. The van der Waals surface area contributed by atoms with Crippen LogP contribution in [0.3, 0.4) is 0 Å². The van der Waals surface area contributed by atoms with Crippen LogP contribution >= 0.6 is 0 Å². The molecule has 150 valence electrons. The lowest BCUT2D eigenvalue weighted by atomic mass is 10.1. The first-order valence-electron chi connectivity index (χ1n) is 9.42. The number of ether oxygens (including phenoxy) is 2. The molecule has 0 spiro atoms. The standard InChI is InChI=1S/C23H25N3O3/c1-28-20-9-6-18(7-10-20)15-25-19-8-11-22(26-16-19)23(27)24-13-12-17-4-3-5-21(14-17)29-2/h3-11,14,16,25H,12-13,15H2,1-2H3,(H,24,27). The number of hydrogen-bond acceptors (Lipinski definition) is 5. The lowest BCUT2D eigenvalue weighted by molar-refractivity contribution is 0.0949. The van der Waals surface area contributed by atoms with Crippen molar-refractivity contribution in [2.24, 2.45) is 0 Å². The quantitative estimate of drug-likeness (QED) is 0.582. The summed E-state index contributed by atoms with van der Waals surface area (Å²) >= 11 is 0. The molecular formula is C23H25N3O3. The number of pyridine rings is 1. The van der Waals surface area contributed by atoms with Gasteiger partial charge in [-0.3, -0.25) is 4.79 Å². The molecule has 0 bridgehead atoms. The maximum Gasteiger partial charge on any atom is 0.269 e. The van der Waals surface area contributed by atoms with Crippen LogP contribution < -0.4 is 20.1 Å². The topological polar surface area (TPSA) is 72.5 Å². The van der Waals surface area contributed by atoms with E-state index in [-0.39, 0.29) is 5.91 Å². The molecule has 1 amide bonds. The predicted molar refractivity (Wildman–Crippen MR) is 114 cm³/mol. The van der Waals surface area contributed by atoms with Crippen LogP contribution in [0.15, 0.2) is 66.9 Å². The van der Waals surface area contributed by atoms with Crippen molar-refractivity contribution in [2.45, 2.75) is 13.0 Å². The highest BCUT2D eigenvalue weighted by Crippen LogP contribution is 2.14. The third-order valence-electron chi connectivity index (χ3n) is 4.49. The average Bonchev–Trinajstić information content (AvgIpc) is 2.78. The van der Waals surface area contributed by atoms with Gasteiger partial charge in [-0.15, -0.1) is 0 Å². The van der Waals surface area contributed by atoms with Crippen LogP contribution in [-0.2, 0) is 13.0 Å². The third kappa shape index (κ3) is 5.97. The van der Waals surface area contributed by atoms with E-state index in [1.165, 1.54) is 0 Å². The highest BCUT2D eigenvalue weighted by Gasteiger charge is 2.07. The molecule has 0 fully saturated rings. The maximum absolute atomic E-state index is 12.3. The van der Waals surface area contributed by atoms with Crippen LogP contribution in [0.5, 0.6) is 11.5 Å². The molecule has 0 radical (unpaired) electrons. The zero-order chi connectivity index (χ0) is 20.5. The molecule has 2 N–H and O–H groups in total. The van der Waals surface area contributed by atoms with Crippen LogP contribution in [0.4, 0.5) is 5.69 Å². The van der Waals surface area contributed by atoms with E-state index in [2.05, 4.69) is 15.6 Å². The van der Waals surface area contributed by atoms with Gasteiger partial charge in [-0.1, -0.05) is 24.3 Å². The Morgan fingerprint density at radius 1 is 0.931 bits per heavy atom. The molecule has 0 saturated carbocycles. The lowest BCUT2D eigenvalue weighted by Crippen LogP contribution is -2.26. The first-order chi connectivity index (χ1) is 14.2. The molecule has 0 aliphatic heterocycles. The van der Waals surface area contributed by atoms with Gasteiger partial charge in [-0.25, -0.2) is 4.98 Å². The van der Waals surface area contributed by atoms with Crippen molar-refractivity contribution in [1.82, 2.24) is 10.3 Å². The van der Waals surface area contributed by atoms with Gasteiger partial charge in [0.25, 0.3) is 5.91 Å². The van der Waals surface area contributed by atoms with Crippen molar-refractivity contribution >= 4 is 11.6 Å². The monoisotopic (exact) mass is 391 g/mol. The fourth-order valence-electron chi connectivity index (χ4n) is 2.82. The number of carbonyl (C=O) groups excluding carboxylic acids is 1. The van der Waals surface area contributed by atoms with Crippen molar-refractivity contribution in [3.63, 3.8) is 0 Å². The third-order valence-corrected chi connectivity index (χ3v) is 4.49. The molecule has 0 atom stereocenters. The fourth-order valence-corrected chi connectivity index (χ4v) is 2.82. The number of carbonyl (C=O) groups is 1. The summed E-state index contributed by atoms with van der Waals surface area (Å²) in [5.74, 6) is 1.46. The largest absolute Gasteiger partial charge is 0.497 e. The van der Waals surface area contributed by atoms with E-state index in [1.54, 1.807) is 26.5 Å². The van der Waals surface area contributed by atoms with Crippen LogP contribution in [0.2, 0.25) is 0 Å². The molecule has 6 heteroatoms. The molecule has 0 aliphatic rings. The van der Waals surface area contributed by atoms with Gasteiger partial charge in [-0.2, -0.15) is 0 Å². The van der Waals surface area contributed by atoms with Gasteiger partial charge in [-0.05, 0) is 53.9 Å². The Bertz CT molecular complexity index is 925. The van der Waals surface area contributed by atoms with Crippen molar-refractivity contribution in [1.29, 1.82) is 0 Å². The molecule has 0 unspecified atom stereocenters. The zero-order valence-electron chi connectivity index (χ0n) is 16.6. The molecular weight excluding hydrogens is 366 g/mol. The van der Waals surface area contributed by atoms with E-state index < -0.39 is 0 Å². The van der Waals surface area contributed by atoms with E-state index in [9.17, 15) is 4.79 Å². The van der Waals surface area contributed by atoms with Gasteiger partial charge in [0.1, 0.15) is 17.2 Å². The van der Waals surface area contributed by atoms with Gasteiger partial charge in [0.2, 0.25) is 0 Å². The number of methoxy groups -OCH3 is 2. The minimum atomic E-state index is -0.186. The van der Waals surface area contributed by atoms with Crippen LogP contribution in [0.1, 0.15) is 21.6 Å². The van der Waals surface area contributed by atoms with E-state index in [4.69, 9.17) is 9.47 Å². The number of anilines is 1. The fraction of sp³-hybridized carbons (Fsp3) is 0.217. The van der Waals surface area contributed by atoms with E-state index in [0.29, 0.717) is 18.8 Å². The molecule has 29 heavy (non-hydrogen) atoms. The van der Waals surface area contributed by atoms with Gasteiger partial charge in [0.15, 0.2) is 0 Å². The predicted octanol–water partition coefficient (Wildman–Crippen LogP) is 3.68. The number of hydrogen-bond donors (Lipinski definition) is 2. The SMILES string of the molecule is COc1ccc(CNc2ccc(C(=O)NCCc3cccc(OC)c3)nc2)cc1. The van der Waals surface area contributed by atoms with Gasteiger partial charge in [0.05, 0.1) is 26.1 Å². The normalized spacial score (nSPS) is 10.3. The number of nitrogens with one attached hydrogen (secondary N) is 2. The first-order valence-corrected chi connectivity index (χ1v) is 9.42. The van der Waals surface area contributed by atoms with Gasteiger partial charge < -0.3 is 20.1 Å². The zero-order valence-corrected chi connectivity index (χ0v) is 16.6. The number of amides is 1. The highest BCUT2D eigenvalue weighted by atomic mass is 16.5.